The van der Waals surface area contributed by atoms with E-state index in [0.717, 1.165) is 6.42 Å². The lowest BCUT2D eigenvalue weighted by Crippen LogP contribution is -2.19. The molecule has 0 aromatic carbocycles. The van der Waals surface area contributed by atoms with Gasteiger partial charge in [-0.25, -0.2) is 4.98 Å². The van der Waals surface area contributed by atoms with Gasteiger partial charge in [0.05, 0.1) is 16.2 Å². The summed E-state index contributed by atoms with van der Waals surface area (Å²) >= 11 is 3.50. The van der Waals surface area contributed by atoms with E-state index in [1.807, 2.05) is 11.7 Å². The lowest BCUT2D eigenvalue weighted by molar-refractivity contribution is 0.520. The van der Waals surface area contributed by atoms with Gasteiger partial charge in [0, 0.05) is 33.7 Å². The van der Waals surface area contributed by atoms with Crippen molar-refractivity contribution in [1.82, 2.24) is 9.97 Å². The van der Waals surface area contributed by atoms with Gasteiger partial charge in [-0.05, 0) is 0 Å². The number of nitrogens with zero attached hydrogens (tertiary/aromatic N) is 2. The Hall–Kier alpha value is -0.740. The van der Waals surface area contributed by atoms with Gasteiger partial charge in [0.2, 0.25) is 0 Å². The first-order valence-corrected chi connectivity index (χ1v) is 7.89. The molecule has 98 valence electrons. The van der Waals surface area contributed by atoms with E-state index in [0.29, 0.717) is 0 Å². The van der Waals surface area contributed by atoms with Gasteiger partial charge in [0.1, 0.15) is 0 Å². The first-order valence-electron chi connectivity index (χ1n) is 6.13. The summed E-state index contributed by atoms with van der Waals surface area (Å²) in [7, 11) is 0. The molecule has 0 saturated heterocycles. The van der Waals surface area contributed by atoms with Gasteiger partial charge in [-0.1, -0.05) is 34.6 Å². The molecule has 0 N–H and O–H groups in total. The molecule has 18 heavy (non-hydrogen) atoms. The molecule has 0 aliphatic rings. The van der Waals surface area contributed by atoms with Crippen molar-refractivity contribution in [3.8, 4) is 0 Å². The van der Waals surface area contributed by atoms with E-state index in [1.54, 1.807) is 22.7 Å². The Labute approximate surface area is 117 Å². The maximum Gasteiger partial charge on any atom is 0.0981 e. The molecule has 0 amide bonds. The fourth-order valence-corrected chi connectivity index (χ4v) is 3.48. The molecule has 2 heterocycles. The van der Waals surface area contributed by atoms with Crippen LogP contribution >= 0.6 is 22.7 Å². The summed E-state index contributed by atoms with van der Waals surface area (Å²) in [5.41, 5.74) is 3.36. The van der Waals surface area contributed by atoms with Crippen molar-refractivity contribution in [2.75, 3.05) is 0 Å². The molecule has 0 bridgehead atoms. The van der Waals surface area contributed by atoms with Crippen molar-refractivity contribution in [1.29, 1.82) is 0 Å². The number of aromatic nitrogens is 2. The fourth-order valence-electron chi connectivity index (χ4n) is 1.82. The van der Waals surface area contributed by atoms with Crippen molar-refractivity contribution < 1.29 is 0 Å². The maximum atomic E-state index is 4.78. The predicted molar refractivity (Wildman–Crippen MR) is 79.7 cm³/mol. The van der Waals surface area contributed by atoms with Crippen molar-refractivity contribution >= 4 is 22.7 Å². The van der Waals surface area contributed by atoms with Crippen LogP contribution in [0.5, 0.6) is 0 Å². The van der Waals surface area contributed by atoms with Gasteiger partial charge in [-0.2, -0.15) is 0 Å². The van der Waals surface area contributed by atoms with Gasteiger partial charge in [0.15, 0.2) is 0 Å². The second kappa shape index (κ2) is 4.74. The molecule has 0 unspecified atom stereocenters. The minimum absolute atomic E-state index is 0.115. The second-order valence-electron chi connectivity index (χ2n) is 6.32. The average molecular weight is 280 g/mol. The lowest BCUT2D eigenvalue weighted by Gasteiger charge is -2.21. The summed E-state index contributed by atoms with van der Waals surface area (Å²) in [6.07, 6.45) is 2.95. The summed E-state index contributed by atoms with van der Waals surface area (Å²) in [5.74, 6) is 0. The molecule has 4 heteroatoms. The Balaban J connectivity index is 2.17. The van der Waals surface area contributed by atoms with Crippen LogP contribution in [0.15, 0.2) is 17.1 Å². The Morgan fingerprint density at radius 2 is 1.83 bits per heavy atom. The summed E-state index contributed by atoms with van der Waals surface area (Å²) in [5, 5.41) is 3.42. The highest BCUT2D eigenvalue weighted by atomic mass is 32.1. The number of hydrogen-bond acceptors (Lipinski definition) is 4. The van der Waals surface area contributed by atoms with Gasteiger partial charge in [-0.15, -0.1) is 22.7 Å². The van der Waals surface area contributed by atoms with Crippen LogP contribution in [0.4, 0.5) is 0 Å². The molecule has 0 atom stereocenters. The molecule has 0 aliphatic heterocycles. The lowest BCUT2D eigenvalue weighted by atomic mass is 9.87. The van der Waals surface area contributed by atoms with E-state index in [2.05, 4.69) is 45.0 Å². The SMILES string of the molecule is CC(C)(C)c1nc(CC(C)(C)c2cncs2)cs1. The third-order valence-corrected chi connectivity index (χ3v) is 5.37. The third kappa shape index (κ3) is 2.98. The Morgan fingerprint density at radius 1 is 1.11 bits per heavy atom. The summed E-state index contributed by atoms with van der Waals surface area (Å²) in [4.78, 5) is 10.3. The van der Waals surface area contributed by atoms with E-state index in [4.69, 9.17) is 4.98 Å². The standard InChI is InChI=1S/C14H20N2S2/c1-13(2,3)12-16-10(8-17-12)6-14(4,5)11-7-15-9-18-11/h7-9H,6H2,1-5H3. The molecule has 2 nitrogen and oxygen atoms in total. The second-order valence-corrected chi connectivity index (χ2v) is 8.06. The maximum absolute atomic E-state index is 4.78. The van der Waals surface area contributed by atoms with Crippen LogP contribution in [0.25, 0.3) is 0 Å². The smallest absolute Gasteiger partial charge is 0.0981 e. The highest BCUT2D eigenvalue weighted by Gasteiger charge is 2.25. The third-order valence-electron chi connectivity index (χ3n) is 2.92. The molecule has 0 spiro atoms. The van der Waals surface area contributed by atoms with Gasteiger partial charge < -0.3 is 0 Å². The highest BCUT2D eigenvalue weighted by molar-refractivity contribution is 7.10. The van der Waals surface area contributed by atoms with Crippen LogP contribution in [0.3, 0.4) is 0 Å². The zero-order valence-corrected chi connectivity index (χ0v) is 13.3. The Kier molecular flexibility index (Phi) is 3.60. The number of rotatable bonds is 3. The number of hydrogen-bond donors (Lipinski definition) is 0. The molecule has 0 aliphatic carbocycles. The van der Waals surface area contributed by atoms with Crippen LogP contribution < -0.4 is 0 Å². The molecular formula is C14H20N2S2. The van der Waals surface area contributed by atoms with Crippen molar-refractivity contribution in [2.45, 2.75) is 51.9 Å². The van der Waals surface area contributed by atoms with E-state index in [-0.39, 0.29) is 10.8 Å². The fraction of sp³-hybridized carbons (Fsp3) is 0.571. The first kappa shape index (κ1) is 13.7. The molecule has 2 aromatic heterocycles. The van der Waals surface area contributed by atoms with Crippen LogP contribution in [0.1, 0.15) is 50.2 Å². The normalized spacial score (nSPS) is 12.9. The van der Waals surface area contributed by atoms with Crippen molar-refractivity contribution in [2.24, 2.45) is 0 Å². The van der Waals surface area contributed by atoms with Gasteiger partial charge in [0.25, 0.3) is 0 Å². The largest absolute Gasteiger partial charge is 0.253 e. The molecule has 0 radical (unpaired) electrons. The molecule has 2 aromatic rings. The van der Waals surface area contributed by atoms with E-state index < -0.39 is 0 Å². The zero-order valence-electron chi connectivity index (χ0n) is 11.7. The van der Waals surface area contributed by atoms with Crippen molar-refractivity contribution in [3.63, 3.8) is 0 Å². The van der Waals surface area contributed by atoms with Crippen LogP contribution in [-0.2, 0) is 17.3 Å². The van der Waals surface area contributed by atoms with E-state index in [1.165, 1.54) is 15.6 Å². The summed E-state index contributed by atoms with van der Waals surface area (Å²) in [6, 6.07) is 0. The first-order chi connectivity index (χ1) is 8.29. The predicted octanol–water partition coefficient (Wildman–Crippen LogP) is 4.42. The van der Waals surface area contributed by atoms with Crippen LogP contribution in [-0.4, -0.2) is 9.97 Å². The summed E-state index contributed by atoms with van der Waals surface area (Å²) < 4.78 is 0. The topological polar surface area (TPSA) is 25.8 Å². The molecular weight excluding hydrogens is 260 g/mol. The minimum atomic E-state index is 0.115. The molecule has 0 saturated carbocycles. The van der Waals surface area contributed by atoms with Crippen molar-refractivity contribution in [3.05, 3.63) is 32.7 Å². The number of thiazole rings is 2. The monoisotopic (exact) mass is 280 g/mol. The van der Waals surface area contributed by atoms with Gasteiger partial charge in [-0.3, -0.25) is 4.98 Å². The van der Waals surface area contributed by atoms with Crippen LogP contribution in [0, 0.1) is 0 Å². The van der Waals surface area contributed by atoms with Gasteiger partial charge >= 0.3 is 0 Å². The minimum Gasteiger partial charge on any atom is -0.253 e. The summed E-state index contributed by atoms with van der Waals surface area (Å²) in [6.45, 7) is 11.2. The molecule has 2 rings (SSSR count). The molecule has 0 fully saturated rings. The Morgan fingerprint density at radius 3 is 2.33 bits per heavy atom. The van der Waals surface area contributed by atoms with E-state index >= 15 is 0 Å². The average Bonchev–Trinajstić information content (AvgIpc) is 2.83. The zero-order chi connectivity index (χ0) is 13.4. The van der Waals surface area contributed by atoms with Crippen LogP contribution in [0.2, 0.25) is 0 Å². The van der Waals surface area contributed by atoms with E-state index in [9.17, 15) is 0 Å². The highest BCUT2D eigenvalue weighted by Crippen LogP contribution is 2.32. The Bertz CT molecular complexity index is 504. The quantitative estimate of drug-likeness (QED) is 0.832.